The van der Waals surface area contributed by atoms with Crippen molar-refractivity contribution in [3.63, 3.8) is 0 Å². The van der Waals surface area contributed by atoms with Gasteiger partial charge in [0.15, 0.2) is 15.3 Å². The first-order valence-electron chi connectivity index (χ1n) is 7.47. The lowest BCUT2D eigenvalue weighted by molar-refractivity contribution is -0.141. The minimum absolute atomic E-state index is 0.0110. The topological polar surface area (TPSA) is 104 Å². The Balaban J connectivity index is 2.10. The van der Waals surface area contributed by atoms with E-state index >= 15 is 0 Å². The maximum absolute atomic E-state index is 12.9. The number of hydrogen-bond acceptors (Lipinski definition) is 5. The third-order valence-electron chi connectivity index (χ3n) is 4.55. The van der Waals surface area contributed by atoms with Gasteiger partial charge in [-0.1, -0.05) is 30.3 Å². The molecule has 2 aromatic rings. The summed E-state index contributed by atoms with van der Waals surface area (Å²) in [6.45, 7) is 0. The minimum Gasteiger partial charge on any atom is -0.497 e. The predicted molar refractivity (Wildman–Crippen MR) is 88.8 cm³/mol. The quantitative estimate of drug-likeness (QED) is 0.880. The van der Waals surface area contributed by atoms with Crippen LogP contribution in [-0.4, -0.2) is 31.9 Å². The molecule has 0 heterocycles. The van der Waals surface area contributed by atoms with E-state index in [-0.39, 0.29) is 4.90 Å². The number of sulfone groups is 1. The molecule has 7 heteroatoms. The standard InChI is InChI=1S/C18H15NO5S/c1-24-13-9-7-12(8-10-13)15-16(18(15,11-19)17(20)21)25(22,23)14-5-3-2-4-6-14/h2-10,15-16H,1H3,(H,20,21)/t15-,16-,18+/m1/s1. The second-order valence-electron chi connectivity index (χ2n) is 5.82. The lowest BCUT2D eigenvalue weighted by Gasteiger charge is -2.04. The van der Waals surface area contributed by atoms with Crippen LogP contribution in [0.3, 0.4) is 0 Å². The minimum atomic E-state index is -3.98. The SMILES string of the molecule is COc1ccc([C@@H]2[C@@H](S(=O)(=O)c3ccccc3)[C@@]2(C#N)C(=O)O)cc1. The third kappa shape index (κ3) is 2.46. The van der Waals surface area contributed by atoms with Crippen LogP contribution >= 0.6 is 0 Å². The van der Waals surface area contributed by atoms with Crippen LogP contribution in [0.2, 0.25) is 0 Å². The van der Waals surface area contributed by atoms with Crippen molar-refractivity contribution in [2.24, 2.45) is 5.41 Å². The summed E-state index contributed by atoms with van der Waals surface area (Å²) in [5.74, 6) is -1.81. The molecule has 0 bridgehead atoms. The Bertz CT molecular complexity index is 947. The molecule has 0 aromatic heterocycles. The summed E-state index contributed by atoms with van der Waals surface area (Å²) < 4.78 is 30.9. The molecule has 2 aromatic carbocycles. The molecular formula is C18H15NO5S. The largest absolute Gasteiger partial charge is 0.497 e. The Morgan fingerprint density at radius 3 is 2.24 bits per heavy atom. The first kappa shape index (κ1) is 17.0. The van der Waals surface area contributed by atoms with Gasteiger partial charge in [0.05, 0.1) is 18.1 Å². The molecule has 1 N–H and O–H groups in total. The van der Waals surface area contributed by atoms with Gasteiger partial charge in [-0.2, -0.15) is 5.26 Å². The van der Waals surface area contributed by atoms with Crippen LogP contribution in [0.5, 0.6) is 5.75 Å². The van der Waals surface area contributed by atoms with Crippen molar-refractivity contribution in [2.75, 3.05) is 7.11 Å². The molecule has 0 spiro atoms. The molecule has 1 aliphatic carbocycles. The van der Waals surface area contributed by atoms with Crippen LogP contribution in [0.25, 0.3) is 0 Å². The molecule has 0 radical (unpaired) electrons. The molecule has 6 nitrogen and oxygen atoms in total. The number of nitrogens with zero attached hydrogens (tertiary/aromatic N) is 1. The number of benzene rings is 2. The number of methoxy groups -OCH3 is 1. The van der Waals surface area contributed by atoms with Crippen molar-refractivity contribution in [2.45, 2.75) is 16.1 Å². The summed E-state index contributed by atoms with van der Waals surface area (Å²) in [6, 6.07) is 15.8. The molecule has 25 heavy (non-hydrogen) atoms. The molecule has 0 unspecified atom stereocenters. The van der Waals surface area contributed by atoms with Crippen LogP contribution in [-0.2, 0) is 14.6 Å². The number of hydrogen-bond donors (Lipinski definition) is 1. The average Bonchev–Trinajstić information content (AvgIpc) is 3.34. The zero-order chi connectivity index (χ0) is 18.2. The van der Waals surface area contributed by atoms with Gasteiger partial charge in [0.25, 0.3) is 0 Å². The predicted octanol–water partition coefficient (Wildman–Crippen LogP) is 2.23. The molecule has 1 saturated carbocycles. The fourth-order valence-corrected chi connectivity index (χ4v) is 5.49. The van der Waals surface area contributed by atoms with Crippen LogP contribution in [0.4, 0.5) is 0 Å². The number of carboxylic acid groups (broad SMARTS) is 1. The molecule has 1 fully saturated rings. The van der Waals surface area contributed by atoms with E-state index in [1.807, 2.05) is 0 Å². The van der Waals surface area contributed by atoms with Gasteiger partial charge >= 0.3 is 5.97 Å². The van der Waals surface area contributed by atoms with Crippen molar-refractivity contribution < 1.29 is 23.1 Å². The van der Waals surface area contributed by atoms with E-state index in [9.17, 15) is 23.6 Å². The smallest absolute Gasteiger partial charge is 0.326 e. The van der Waals surface area contributed by atoms with Gasteiger partial charge < -0.3 is 9.84 Å². The van der Waals surface area contributed by atoms with Gasteiger partial charge in [-0.25, -0.2) is 8.42 Å². The van der Waals surface area contributed by atoms with E-state index < -0.39 is 32.4 Å². The van der Waals surface area contributed by atoms with Crippen LogP contribution < -0.4 is 4.74 Å². The summed E-state index contributed by atoms with van der Waals surface area (Å²) in [7, 11) is -2.49. The van der Waals surface area contributed by atoms with Gasteiger partial charge in [0.1, 0.15) is 11.0 Å². The highest BCUT2D eigenvalue weighted by Gasteiger charge is 2.77. The van der Waals surface area contributed by atoms with Crippen LogP contribution in [0, 0.1) is 16.7 Å². The van der Waals surface area contributed by atoms with Gasteiger partial charge in [-0.3, -0.25) is 4.79 Å². The maximum atomic E-state index is 12.9. The molecule has 0 amide bonds. The number of ether oxygens (including phenoxy) is 1. The Labute approximate surface area is 145 Å². The van der Waals surface area contributed by atoms with Crippen molar-refractivity contribution in [3.05, 3.63) is 60.2 Å². The molecule has 0 aliphatic heterocycles. The molecule has 3 rings (SSSR count). The van der Waals surface area contributed by atoms with Crippen molar-refractivity contribution in [1.29, 1.82) is 5.26 Å². The zero-order valence-electron chi connectivity index (χ0n) is 13.3. The summed E-state index contributed by atoms with van der Waals surface area (Å²) >= 11 is 0. The van der Waals surface area contributed by atoms with Gasteiger partial charge in [-0.15, -0.1) is 0 Å². The molecule has 0 saturated heterocycles. The molecule has 3 atom stereocenters. The summed E-state index contributed by atoms with van der Waals surface area (Å²) in [4.78, 5) is 11.8. The van der Waals surface area contributed by atoms with E-state index in [2.05, 4.69) is 0 Å². The summed E-state index contributed by atoms with van der Waals surface area (Å²) in [5.41, 5.74) is -1.52. The molecular weight excluding hydrogens is 342 g/mol. The van der Waals surface area contributed by atoms with Crippen molar-refractivity contribution in [1.82, 2.24) is 0 Å². The van der Waals surface area contributed by atoms with Crippen LogP contribution in [0.15, 0.2) is 59.5 Å². The number of aliphatic carboxylic acids is 1. The summed E-state index contributed by atoms with van der Waals surface area (Å²) in [5, 5.41) is 17.8. The number of nitriles is 1. The van der Waals surface area contributed by atoms with Crippen molar-refractivity contribution in [3.8, 4) is 11.8 Å². The number of carboxylic acids is 1. The lowest BCUT2D eigenvalue weighted by atomic mass is 10.0. The Kier molecular flexibility index (Phi) is 4.01. The average molecular weight is 357 g/mol. The van der Waals surface area contributed by atoms with Crippen molar-refractivity contribution >= 4 is 15.8 Å². The molecule has 1 aliphatic rings. The van der Waals surface area contributed by atoms with Crippen LogP contribution in [0.1, 0.15) is 11.5 Å². The Hall–Kier alpha value is -2.85. The Morgan fingerprint density at radius 1 is 1.16 bits per heavy atom. The van der Waals surface area contributed by atoms with Gasteiger partial charge in [-0.05, 0) is 29.8 Å². The monoisotopic (exact) mass is 357 g/mol. The summed E-state index contributed by atoms with van der Waals surface area (Å²) in [6.07, 6.45) is 0. The second kappa shape index (κ2) is 5.90. The van der Waals surface area contributed by atoms with E-state index in [4.69, 9.17) is 4.74 Å². The number of rotatable bonds is 5. The fraction of sp³-hybridized carbons (Fsp3) is 0.222. The fourth-order valence-electron chi connectivity index (χ4n) is 3.22. The third-order valence-corrected chi connectivity index (χ3v) is 6.79. The highest BCUT2D eigenvalue weighted by atomic mass is 32.2. The second-order valence-corrected chi connectivity index (χ2v) is 7.88. The van der Waals surface area contributed by atoms with Gasteiger partial charge in [0, 0.05) is 5.92 Å². The first-order chi connectivity index (χ1) is 11.9. The van der Waals surface area contributed by atoms with Gasteiger partial charge in [0.2, 0.25) is 0 Å². The Morgan fingerprint density at radius 2 is 1.76 bits per heavy atom. The normalized spacial score (nSPS) is 25.0. The zero-order valence-corrected chi connectivity index (χ0v) is 14.1. The lowest BCUT2D eigenvalue weighted by Crippen LogP contribution is -2.22. The van der Waals surface area contributed by atoms with E-state index in [1.54, 1.807) is 48.5 Å². The van der Waals surface area contributed by atoms with E-state index in [0.717, 1.165) is 0 Å². The highest BCUT2D eigenvalue weighted by molar-refractivity contribution is 7.92. The molecule has 128 valence electrons. The van der Waals surface area contributed by atoms with E-state index in [1.165, 1.54) is 19.2 Å². The highest BCUT2D eigenvalue weighted by Crippen LogP contribution is 2.64. The maximum Gasteiger partial charge on any atom is 0.326 e. The first-order valence-corrected chi connectivity index (χ1v) is 9.01. The number of carbonyl (C=O) groups is 1. The van der Waals surface area contributed by atoms with E-state index in [0.29, 0.717) is 11.3 Å².